The van der Waals surface area contributed by atoms with Crippen LogP contribution < -0.4 is 5.32 Å². The first kappa shape index (κ1) is 14.2. The van der Waals surface area contributed by atoms with Gasteiger partial charge in [0.2, 0.25) is 11.8 Å². The van der Waals surface area contributed by atoms with Crippen LogP contribution in [0, 0.1) is 6.92 Å². The molecule has 0 spiro atoms. The highest BCUT2D eigenvalue weighted by atomic mass is 32.1. The summed E-state index contributed by atoms with van der Waals surface area (Å²) in [5.74, 6) is -0.147. The molecule has 5 heteroatoms. The Kier molecular flexibility index (Phi) is 4.37. The standard InChI is InChI=1S/C14H20N2O2S/c1-4-16-13(17)8-12(14(16)18)15-9(2)7-11-6-5-10(3)19-11/h5-6,9,12,15H,4,7-8H2,1-3H3. The van der Waals surface area contributed by atoms with E-state index in [-0.39, 0.29) is 23.9 Å². The number of likely N-dealkylation sites (tertiary alicyclic amines) is 1. The van der Waals surface area contributed by atoms with Crippen molar-refractivity contribution in [3.8, 4) is 0 Å². The molecule has 2 unspecified atom stereocenters. The first-order valence-corrected chi connectivity index (χ1v) is 7.48. The number of carbonyl (C=O) groups excluding carboxylic acids is 2. The topological polar surface area (TPSA) is 49.4 Å². The lowest BCUT2D eigenvalue weighted by molar-refractivity contribution is -0.138. The third-order valence-electron chi connectivity index (χ3n) is 3.35. The van der Waals surface area contributed by atoms with Gasteiger partial charge >= 0.3 is 0 Å². The van der Waals surface area contributed by atoms with E-state index in [4.69, 9.17) is 0 Å². The highest BCUT2D eigenvalue weighted by molar-refractivity contribution is 7.11. The lowest BCUT2D eigenvalue weighted by Crippen LogP contribution is -2.43. The normalized spacial score (nSPS) is 21.2. The van der Waals surface area contributed by atoms with Gasteiger partial charge in [-0.3, -0.25) is 14.5 Å². The second kappa shape index (κ2) is 5.84. The quantitative estimate of drug-likeness (QED) is 0.836. The van der Waals surface area contributed by atoms with Crippen LogP contribution >= 0.6 is 11.3 Å². The molecule has 0 aromatic carbocycles. The fraction of sp³-hybridized carbons (Fsp3) is 0.571. The number of nitrogens with zero attached hydrogens (tertiary/aromatic N) is 1. The molecule has 1 aliphatic heterocycles. The lowest BCUT2D eigenvalue weighted by Gasteiger charge is -2.18. The summed E-state index contributed by atoms with van der Waals surface area (Å²) >= 11 is 1.78. The minimum atomic E-state index is -0.344. The summed E-state index contributed by atoms with van der Waals surface area (Å²) in [4.78, 5) is 27.6. The van der Waals surface area contributed by atoms with Crippen molar-refractivity contribution in [3.05, 3.63) is 21.9 Å². The Morgan fingerprint density at radius 3 is 2.74 bits per heavy atom. The van der Waals surface area contributed by atoms with Crippen molar-refractivity contribution in [2.24, 2.45) is 0 Å². The molecule has 1 N–H and O–H groups in total. The Morgan fingerprint density at radius 1 is 1.47 bits per heavy atom. The molecule has 104 valence electrons. The maximum Gasteiger partial charge on any atom is 0.246 e. The summed E-state index contributed by atoms with van der Waals surface area (Å²) in [5, 5.41) is 3.28. The van der Waals surface area contributed by atoms with Crippen molar-refractivity contribution in [3.63, 3.8) is 0 Å². The molecule has 2 amide bonds. The van der Waals surface area contributed by atoms with Crippen LogP contribution in [0.1, 0.15) is 30.0 Å². The van der Waals surface area contributed by atoms with E-state index in [1.54, 1.807) is 11.3 Å². The molecule has 2 atom stereocenters. The molecule has 1 fully saturated rings. The van der Waals surface area contributed by atoms with Gasteiger partial charge in [0.25, 0.3) is 0 Å². The number of likely N-dealkylation sites (N-methyl/N-ethyl adjacent to an activating group) is 1. The molecule has 0 radical (unpaired) electrons. The third kappa shape index (κ3) is 3.22. The number of hydrogen-bond donors (Lipinski definition) is 1. The zero-order valence-electron chi connectivity index (χ0n) is 11.6. The summed E-state index contributed by atoms with van der Waals surface area (Å²) in [6.45, 7) is 6.44. The summed E-state index contributed by atoms with van der Waals surface area (Å²) in [5.41, 5.74) is 0. The zero-order valence-corrected chi connectivity index (χ0v) is 12.4. The smallest absolute Gasteiger partial charge is 0.246 e. The lowest BCUT2D eigenvalue weighted by atomic mass is 10.1. The van der Waals surface area contributed by atoms with Gasteiger partial charge in [-0.25, -0.2) is 0 Å². The maximum atomic E-state index is 12.0. The minimum absolute atomic E-state index is 0.0656. The number of hydrogen-bond acceptors (Lipinski definition) is 4. The van der Waals surface area contributed by atoms with Gasteiger partial charge in [0.1, 0.15) is 0 Å². The van der Waals surface area contributed by atoms with Crippen LogP contribution in [0.3, 0.4) is 0 Å². The SMILES string of the molecule is CCN1C(=O)CC(NC(C)Cc2ccc(C)s2)C1=O. The Hall–Kier alpha value is -1.20. The van der Waals surface area contributed by atoms with Gasteiger partial charge in [0, 0.05) is 22.3 Å². The Balaban J connectivity index is 1.91. The maximum absolute atomic E-state index is 12.0. The van der Waals surface area contributed by atoms with Gasteiger partial charge in [-0.2, -0.15) is 0 Å². The highest BCUT2D eigenvalue weighted by Crippen LogP contribution is 2.18. The van der Waals surface area contributed by atoms with Gasteiger partial charge in [-0.05, 0) is 39.3 Å². The van der Waals surface area contributed by atoms with Crippen molar-refractivity contribution < 1.29 is 9.59 Å². The summed E-state index contributed by atoms with van der Waals surface area (Å²) in [6, 6.07) is 4.08. The number of nitrogens with one attached hydrogen (secondary N) is 1. The van der Waals surface area contributed by atoms with Crippen molar-refractivity contribution >= 4 is 23.2 Å². The average molecular weight is 280 g/mol. The summed E-state index contributed by atoms with van der Waals surface area (Å²) in [7, 11) is 0. The van der Waals surface area contributed by atoms with E-state index in [1.807, 2.05) is 6.92 Å². The number of rotatable bonds is 5. The third-order valence-corrected chi connectivity index (χ3v) is 4.37. The van der Waals surface area contributed by atoms with Crippen LogP contribution in [0.15, 0.2) is 12.1 Å². The van der Waals surface area contributed by atoms with E-state index >= 15 is 0 Å². The summed E-state index contributed by atoms with van der Waals surface area (Å²) in [6.07, 6.45) is 1.18. The van der Waals surface area contributed by atoms with Gasteiger partial charge in [0.05, 0.1) is 12.5 Å². The highest BCUT2D eigenvalue weighted by Gasteiger charge is 2.37. The van der Waals surface area contributed by atoms with E-state index in [9.17, 15) is 9.59 Å². The number of amides is 2. The molecule has 19 heavy (non-hydrogen) atoms. The molecular weight excluding hydrogens is 260 g/mol. The van der Waals surface area contributed by atoms with Gasteiger partial charge in [-0.15, -0.1) is 11.3 Å². The second-order valence-corrected chi connectivity index (χ2v) is 6.39. The van der Waals surface area contributed by atoms with Gasteiger partial charge in [0.15, 0.2) is 0 Å². The van der Waals surface area contributed by atoms with Crippen LogP contribution in [-0.4, -0.2) is 35.3 Å². The monoisotopic (exact) mass is 280 g/mol. The number of carbonyl (C=O) groups is 2. The number of aryl methyl sites for hydroxylation is 1. The van der Waals surface area contributed by atoms with Crippen molar-refractivity contribution in [2.75, 3.05) is 6.54 Å². The fourth-order valence-electron chi connectivity index (χ4n) is 2.44. The Bertz CT molecular complexity index is 484. The molecule has 1 aliphatic rings. The van der Waals surface area contributed by atoms with E-state index in [0.29, 0.717) is 13.0 Å². The molecule has 2 rings (SSSR count). The average Bonchev–Trinajstić information content (AvgIpc) is 2.84. The molecule has 4 nitrogen and oxygen atoms in total. The van der Waals surface area contributed by atoms with E-state index in [1.165, 1.54) is 14.7 Å². The molecule has 0 aliphatic carbocycles. The first-order valence-electron chi connectivity index (χ1n) is 6.66. The van der Waals surface area contributed by atoms with Crippen LogP contribution in [0.25, 0.3) is 0 Å². The van der Waals surface area contributed by atoms with Crippen molar-refractivity contribution in [1.29, 1.82) is 0 Å². The molecular formula is C14H20N2O2S. The number of thiophene rings is 1. The van der Waals surface area contributed by atoms with Gasteiger partial charge in [-0.1, -0.05) is 0 Å². The Labute approximate surface area is 117 Å². The summed E-state index contributed by atoms with van der Waals surface area (Å²) < 4.78 is 0. The van der Waals surface area contributed by atoms with Crippen LogP contribution in [-0.2, 0) is 16.0 Å². The van der Waals surface area contributed by atoms with E-state index in [2.05, 4.69) is 31.3 Å². The first-order chi connectivity index (χ1) is 9.01. The fourth-order valence-corrected chi connectivity index (χ4v) is 3.46. The van der Waals surface area contributed by atoms with Crippen LogP contribution in [0.5, 0.6) is 0 Å². The second-order valence-electron chi connectivity index (χ2n) is 5.02. The Morgan fingerprint density at radius 2 is 2.21 bits per heavy atom. The predicted octanol–water partition coefficient (Wildman–Crippen LogP) is 1.72. The molecule has 2 heterocycles. The predicted molar refractivity (Wildman–Crippen MR) is 76.2 cm³/mol. The van der Waals surface area contributed by atoms with Gasteiger partial charge < -0.3 is 5.32 Å². The minimum Gasteiger partial charge on any atom is -0.303 e. The van der Waals surface area contributed by atoms with Crippen molar-refractivity contribution in [2.45, 2.75) is 45.7 Å². The number of imide groups is 1. The van der Waals surface area contributed by atoms with Crippen LogP contribution in [0.4, 0.5) is 0 Å². The molecule has 0 saturated carbocycles. The van der Waals surface area contributed by atoms with Crippen molar-refractivity contribution in [1.82, 2.24) is 10.2 Å². The van der Waals surface area contributed by atoms with E-state index < -0.39 is 0 Å². The van der Waals surface area contributed by atoms with Crippen LogP contribution in [0.2, 0.25) is 0 Å². The van der Waals surface area contributed by atoms with E-state index in [0.717, 1.165) is 6.42 Å². The largest absolute Gasteiger partial charge is 0.303 e. The molecule has 1 aromatic rings. The molecule has 1 aromatic heterocycles. The zero-order chi connectivity index (χ0) is 14.0. The molecule has 0 bridgehead atoms. The molecule has 1 saturated heterocycles.